The Balaban J connectivity index is 4.95. The van der Waals surface area contributed by atoms with E-state index in [0.717, 1.165) is 0 Å². The Hall–Kier alpha value is -0.730. The lowest BCUT2D eigenvalue weighted by atomic mass is 10.2. The van der Waals surface area contributed by atoms with Crippen molar-refractivity contribution in [2.24, 2.45) is 0 Å². The fourth-order valence-electron chi connectivity index (χ4n) is 1.32. The summed E-state index contributed by atoms with van der Waals surface area (Å²) >= 11 is 0. The van der Waals surface area contributed by atoms with Gasteiger partial charge in [0.1, 0.15) is 0 Å². The highest BCUT2D eigenvalue weighted by atomic mass is 31.2. The van der Waals surface area contributed by atoms with Gasteiger partial charge in [-0.25, -0.2) is 57.3 Å². The van der Waals surface area contributed by atoms with Crippen LogP contribution < -0.4 is 0 Å². The molecule has 29 heavy (non-hydrogen) atoms. The molecule has 0 spiro atoms. The predicted molar refractivity (Wildman–Crippen MR) is 72.2 cm³/mol. The third kappa shape index (κ3) is 10.2. The molecule has 0 rings (SSSR count). The Kier molecular flexibility index (Phi) is 10.8. The highest BCUT2D eigenvalue weighted by molar-refractivity contribution is 7.48. The summed E-state index contributed by atoms with van der Waals surface area (Å²) in [4.78, 5) is 0. The summed E-state index contributed by atoms with van der Waals surface area (Å²) in [5.74, 6) is -14.0. The van der Waals surface area contributed by atoms with E-state index in [-0.39, 0.29) is 0 Å². The van der Waals surface area contributed by atoms with Crippen molar-refractivity contribution in [3.63, 3.8) is 0 Å². The molecule has 0 radical (unpaired) electrons. The van der Waals surface area contributed by atoms with Gasteiger partial charge in [-0.1, -0.05) is 0 Å². The molecule has 176 valence electrons. The molecular weight excluding hydrogens is 467 g/mol. The van der Waals surface area contributed by atoms with Gasteiger partial charge < -0.3 is 0 Å². The topological polar surface area (TPSA) is 44.8 Å². The monoisotopic (exact) mass is 482 g/mol. The van der Waals surface area contributed by atoms with Gasteiger partial charge in [-0.05, 0) is 0 Å². The lowest BCUT2D eigenvalue weighted by Gasteiger charge is -2.22. The van der Waals surface area contributed by atoms with E-state index < -0.39 is 83.9 Å². The average Bonchev–Trinajstić information content (AvgIpc) is 2.53. The average molecular weight is 482 g/mol. The first-order chi connectivity index (χ1) is 13.0. The van der Waals surface area contributed by atoms with E-state index in [9.17, 15) is 57.3 Å². The second-order valence-corrected chi connectivity index (χ2v) is 7.05. The first kappa shape index (κ1) is 28.3. The summed E-state index contributed by atoms with van der Waals surface area (Å²) in [5.41, 5.74) is 0. The molecule has 0 amide bonds. The van der Waals surface area contributed by atoms with Crippen molar-refractivity contribution in [2.45, 2.75) is 56.3 Å². The van der Waals surface area contributed by atoms with Gasteiger partial charge in [0.25, 0.3) is 0 Å². The van der Waals surface area contributed by atoms with E-state index >= 15 is 0 Å². The lowest BCUT2D eigenvalue weighted by molar-refractivity contribution is -0.143. The van der Waals surface area contributed by atoms with Crippen molar-refractivity contribution in [3.8, 4) is 0 Å². The van der Waals surface area contributed by atoms with Crippen LogP contribution in [0, 0.1) is 0 Å². The van der Waals surface area contributed by atoms with Crippen LogP contribution in [0.25, 0.3) is 0 Å². The van der Waals surface area contributed by atoms with Crippen LogP contribution in [-0.2, 0) is 18.1 Å². The normalized spacial score (nSPS) is 14.4. The first-order valence-corrected chi connectivity index (χ1v) is 8.93. The van der Waals surface area contributed by atoms with Crippen LogP contribution >= 0.6 is 7.82 Å². The first-order valence-electron chi connectivity index (χ1n) is 7.47. The van der Waals surface area contributed by atoms with E-state index in [0.29, 0.717) is 0 Å². The summed E-state index contributed by atoms with van der Waals surface area (Å²) in [7, 11) is -5.30. The van der Waals surface area contributed by atoms with Crippen LogP contribution in [0.1, 0.15) is 19.3 Å². The largest absolute Gasteiger partial charge is 0.474 e. The number of rotatable bonds is 15. The molecule has 0 unspecified atom stereocenters. The van der Waals surface area contributed by atoms with Crippen LogP contribution in [0.2, 0.25) is 0 Å². The van der Waals surface area contributed by atoms with Gasteiger partial charge >= 0.3 is 44.9 Å². The maximum absolute atomic E-state index is 12.7. The number of phosphoric acid groups is 1. The highest BCUT2D eigenvalue weighted by Crippen LogP contribution is 2.51. The summed E-state index contributed by atoms with van der Waals surface area (Å²) in [6.45, 7) is -4.57. The van der Waals surface area contributed by atoms with E-state index in [1.54, 1.807) is 0 Å². The summed E-state index contributed by atoms with van der Waals surface area (Å²) in [6, 6.07) is 0. The minimum absolute atomic E-state index is 1.52. The number of phosphoric ester groups is 1. The van der Waals surface area contributed by atoms with Crippen LogP contribution in [0.5, 0.6) is 0 Å². The molecule has 0 N–H and O–H groups in total. The molecule has 0 saturated heterocycles. The standard InChI is InChI=1S/C12H15F12O4P/c13-7(14)10(19,20)1-4-26-29(25,27-5-2-11(21,22)8(15)16)28-6-3-12(23,24)9(17)18/h7-9H,1-6H2. The van der Waals surface area contributed by atoms with Gasteiger partial charge in [-0.3, -0.25) is 13.6 Å². The van der Waals surface area contributed by atoms with Crippen molar-refractivity contribution in [1.29, 1.82) is 0 Å². The zero-order valence-corrected chi connectivity index (χ0v) is 15.0. The molecule has 0 aromatic carbocycles. The third-order valence-electron chi connectivity index (χ3n) is 3.01. The van der Waals surface area contributed by atoms with Crippen LogP contribution in [0.15, 0.2) is 0 Å². The minimum Gasteiger partial charge on any atom is -0.287 e. The molecule has 0 aliphatic rings. The molecule has 0 heterocycles. The lowest BCUT2D eigenvalue weighted by Crippen LogP contribution is -2.29. The molecule has 0 bridgehead atoms. The molecule has 17 heteroatoms. The molecular formula is C12H15F12O4P. The van der Waals surface area contributed by atoms with E-state index in [2.05, 4.69) is 13.6 Å². The van der Waals surface area contributed by atoms with Crippen molar-refractivity contribution < 1.29 is 70.8 Å². The van der Waals surface area contributed by atoms with Crippen LogP contribution in [-0.4, -0.2) is 56.9 Å². The van der Waals surface area contributed by atoms with Crippen molar-refractivity contribution >= 4 is 7.82 Å². The Bertz CT molecular complexity index is 460. The van der Waals surface area contributed by atoms with Gasteiger partial charge in [0, 0.05) is 19.3 Å². The zero-order valence-electron chi connectivity index (χ0n) is 14.1. The smallest absolute Gasteiger partial charge is 0.287 e. The number of hydrogen-bond donors (Lipinski definition) is 0. The fraction of sp³-hybridized carbons (Fsp3) is 1.00. The molecule has 0 fully saturated rings. The maximum Gasteiger partial charge on any atom is 0.474 e. The van der Waals surface area contributed by atoms with Gasteiger partial charge in [0.05, 0.1) is 19.8 Å². The van der Waals surface area contributed by atoms with Crippen molar-refractivity contribution in [1.82, 2.24) is 0 Å². The summed E-state index contributed by atoms with van der Waals surface area (Å²) in [6.07, 6.45) is -17.9. The second-order valence-electron chi connectivity index (χ2n) is 5.38. The number of halogens is 12. The van der Waals surface area contributed by atoms with Crippen molar-refractivity contribution in [2.75, 3.05) is 19.8 Å². The molecule has 0 aliphatic carbocycles. The molecule has 0 aliphatic heterocycles. The number of hydrogen-bond acceptors (Lipinski definition) is 4. The van der Waals surface area contributed by atoms with Crippen LogP contribution in [0.4, 0.5) is 52.7 Å². The molecule has 0 atom stereocenters. The van der Waals surface area contributed by atoms with Gasteiger partial charge in [-0.15, -0.1) is 0 Å². The Morgan fingerprint density at radius 3 is 0.931 bits per heavy atom. The van der Waals surface area contributed by atoms with E-state index in [4.69, 9.17) is 0 Å². The molecule has 4 nitrogen and oxygen atoms in total. The Morgan fingerprint density at radius 2 is 0.759 bits per heavy atom. The quantitative estimate of drug-likeness (QED) is 0.212. The van der Waals surface area contributed by atoms with Crippen LogP contribution in [0.3, 0.4) is 0 Å². The molecule has 0 aromatic rings. The molecule has 0 saturated carbocycles. The predicted octanol–water partition coefficient (Wildman–Crippen LogP) is 6.02. The Labute approximate surface area is 156 Å². The summed E-state index contributed by atoms with van der Waals surface area (Å²) in [5, 5.41) is 0. The van der Waals surface area contributed by atoms with Gasteiger partial charge in [-0.2, -0.15) is 0 Å². The van der Waals surface area contributed by atoms with E-state index in [1.165, 1.54) is 0 Å². The minimum atomic E-state index is -5.30. The summed E-state index contributed by atoms with van der Waals surface area (Å²) < 4.78 is 173. The molecule has 0 aromatic heterocycles. The SMILES string of the molecule is O=P(OCCC(F)(F)C(F)F)(OCCC(F)(F)C(F)F)OCCC(F)(F)C(F)F. The Morgan fingerprint density at radius 1 is 0.552 bits per heavy atom. The third-order valence-corrected chi connectivity index (χ3v) is 4.51. The van der Waals surface area contributed by atoms with E-state index in [1.807, 2.05) is 0 Å². The highest BCUT2D eigenvalue weighted by Gasteiger charge is 2.44. The van der Waals surface area contributed by atoms with Gasteiger partial charge in [0.2, 0.25) is 0 Å². The number of alkyl halides is 12. The fourth-order valence-corrected chi connectivity index (χ4v) is 2.49. The maximum atomic E-state index is 12.7. The second kappa shape index (κ2) is 11.0. The van der Waals surface area contributed by atoms with Crippen molar-refractivity contribution in [3.05, 3.63) is 0 Å². The van der Waals surface area contributed by atoms with Gasteiger partial charge in [0.15, 0.2) is 0 Å². The zero-order chi connectivity index (χ0) is 23.1.